The summed E-state index contributed by atoms with van der Waals surface area (Å²) >= 11 is 0. The van der Waals surface area contributed by atoms with Crippen molar-refractivity contribution in [3.8, 4) is 0 Å². The Morgan fingerprint density at radius 2 is 1.24 bits per heavy atom. The molecule has 0 fully saturated rings. The van der Waals surface area contributed by atoms with Crippen LogP contribution in [0, 0.1) is 0 Å². The lowest BCUT2D eigenvalue weighted by Gasteiger charge is -2.05. The van der Waals surface area contributed by atoms with E-state index in [-0.39, 0.29) is 0 Å². The number of hydrogen-bond donors (Lipinski definition) is 9. The lowest BCUT2D eigenvalue weighted by Crippen LogP contribution is -2.33. The van der Waals surface area contributed by atoms with Gasteiger partial charge in [0.1, 0.15) is 18.1 Å². The molecular weight excluding hydrogens is 448 g/mol. The van der Waals surface area contributed by atoms with Crippen LogP contribution in [0.2, 0.25) is 0 Å². The summed E-state index contributed by atoms with van der Waals surface area (Å²) in [6.45, 7) is 0.961. The Morgan fingerprint density at radius 3 is 1.65 bits per heavy atom. The summed E-state index contributed by atoms with van der Waals surface area (Å²) in [5.74, 6) is -2.93. The lowest BCUT2D eigenvalue weighted by molar-refractivity contribution is -0.139. The lowest BCUT2D eigenvalue weighted by atomic mass is 10.1. The minimum absolute atomic E-state index is 0.329. The molecule has 1 rings (SSSR count). The number of nitrogens with one attached hydrogen (secondary N) is 1. The van der Waals surface area contributed by atoms with Gasteiger partial charge in [-0.1, -0.05) is 36.8 Å². The van der Waals surface area contributed by atoms with Crippen LogP contribution in [0.3, 0.4) is 0 Å². The number of benzene rings is 1. The maximum absolute atomic E-state index is 10.4. The largest absolute Gasteiger partial charge is 0.480 e. The summed E-state index contributed by atoms with van der Waals surface area (Å²) < 4.78 is 0. The molecule has 0 aliphatic heterocycles. The number of nitrogens with two attached hydrogens (primary N) is 5. The molecule has 13 heteroatoms. The number of hydrogen-bond acceptors (Lipinski definition) is 8. The zero-order valence-corrected chi connectivity index (χ0v) is 19.1. The number of carbonyl (C=O) groups excluding carboxylic acids is 1. The monoisotopic (exact) mass is 486 g/mol. The van der Waals surface area contributed by atoms with Crippen molar-refractivity contribution in [3.63, 3.8) is 0 Å². The minimum atomic E-state index is -1.03. The highest BCUT2D eigenvalue weighted by molar-refractivity contribution is 5.74. The molecule has 0 saturated carbocycles. The molecule has 14 N–H and O–H groups in total. The third-order valence-corrected chi connectivity index (χ3v) is 4.21. The molecule has 34 heavy (non-hydrogen) atoms. The average Bonchev–Trinajstić information content (AvgIpc) is 2.77. The van der Waals surface area contributed by atoms with Gasteiger partial charge in [-0.3, -0.25) is 14.4 Å². The number of primary amides is 1. The Labute approximate surface area is 198 Å². The molecule has 0 spiro atoms. The van der Waals surface area contributed by atoms with Crippen LogP contribution in [-0.4, -0.2) is 70.5 Å². The number of carboxylic acids is 3. The molecular formula is C21H38N6O7. The van der Waals surface area contributed by atoms with E-state index in [1.807, 2.05) is 30.3 Å². The van der Waals surface area contributed by atoms with Crippen LogP contribution in [0.1, 0.15) is 37.7 Å². The predicted octanol–water partition coefficient (Wildman–Crippen LogP) is -0.985. The van der Waals surface area contributed by atoms with Gasteiger partial charge in [0.15, 0.2) is 0 Å². The first-order valence-electron chi connectivity index (χ1n) is 10.6. The Balaban J connectivity index is 0. The molecule has 1 aromatic carbocycles. The zero-order valence-electron chi connectivity index (χ0n) is 19.1. The molecule has 0 heterocycles. The van der Waals surface area contributed by atoms with Crippen molar-refractivity contribution in [3.05, 3.63) is 35.9 Å². The fraction of sp³-hybridized carbons (Fsp3) is 0.524. The third kappa shape index (κ3) is 20.6. The number of unbranched alkanes of at least 4 members (excludes halogenated alkanes) is 1. The number of rotatable bonds is 13. The van der Waals surface area contributed by atoms with Crippen molar-refractivity contribution in [2.45, 2.75) is 56.7 Å². The van der Waals surface area contributed by atoms with E-state index in [0.29, 0.717) is 38.8 Å². The Bertz CT molecular complexity index is 721. The number of carboxylic acid groups (broad SMARTS) is 3. The average molecular weight is 487 g/mol. The van der Waals surface area contributed by atoms with Gasteiger partial charge in [0.05, 0.1) is 0 Å². The number of carbonyl (C=O) groups is 4. The van der Waals surface area contributed by atoms with Gasteiger partial charge in [0, 0.05) is 6.54 Å². The van der Waals surface area contributed by atoms with E-state index >= 15 is 0 Å². The van der Waals surface area contributed by atoms with E-state index in [0.717, 1.165) is 18.4 Å². The highest BCUT2D eigenvalue weighted by Gasteiger charge is 2.11. The minimum Gasteiger partial charge on any atom is -0.480 e. The van der Waals surface area contributed by atoms with Crippen molar-refractivity contribution in [1.82, 2.24) is 5.32 Å². The van der Waals surface area contributed by atoms with E-state index in [9.17, 15) is 19.2 Å². The van der Waals surface area contributed by atoms with Crippen molar-refractivity contribution in [2.24, 2.45) is 28.7 Å². The van der Waals surface area contributed by atoms with E-state index in [1.54, 1.807) is 0 Å². The van der Waals surface area contributed by atoms with E-state index in [1.165, 1.54) is 0 Å². The second-order valence-corrected chi connectivity index (χ2v) is 7.24. The molecule has 3 unspecified atom stereocenters. The number of aliphatic carboxylic acids is 3. The molecule has 194 valence electrons. The van der Waals surface area contributed by atoms with Gasteiger partial charge in [-0.2, -0.15) is 0 Å². The van der Waals surface area contributed by atoms with Gasteiger partial charge in [-0.05, 0) is 44.2 Å². The zero-order chi connectivity index (χ0) is 26.5. The molecule has 0 aliphatic rings. The van der Waals surface area contributed by atoms with Gasteiger partial charge in [0.2, 0.25) is 0 Å². The SMILES string of the molecule is NC(=O)NCCCC(N)C(=O)O.NC(Cc1ccccc1)C(=O)O.NCCCCC(N)C(=O)O. The standard InChI is InChI=1S/C9H11NO2.C6H13N3O3.C6H14N2O2/c10-8(9(11)12)6-7-4-2-1-3-5-7;7-4(5(10)11)2-1-3-9-6(8)12;7-4-2-1-3-5(8)6(9)10/h1-5,8H,6,10H2,(H,11,12);4H,1-3,7H2,(H,10,11)(H3,8,9,12);5H,1-4,7-8H2,(H,9,10). The van der Waals surface area contributed by atoms with Crippen LogP contribution in [0.15, 0.2) is 30.3 Å². The second-order valence-electron chi connectivity index (χ2n) is 7.24. The van der Waals surface area contributed by atoms with Gasteiger partial charge >= 0.3 is 23.9 Å². The molecule has 0 aromatic heterocycles. The summed E-state index contributed by atoms with van der Waals surface area (Å²) in [5, 5.41) is 27.5. The van der Waals surface area contributed by atoms with Crippen molar-refractivity contribution >= 4 is 23.9 Å². The molecule has 3 atom stereocenters. The van der Waals surface area contributed by atoms with Gasteiger partial charge in [-0.25, -0.2) is 4.79 Å². The number of amides is 2. The van der Waals surface area contributed by atoms with Crippen LogP contribution in [0.5, 0.6) is 0 Å². The quantitative estimate of drug-likeness (QED) is 0.153. The smallest absolute Gasteiger partial charge is 0.320 e. The second kappa shape index (κ2) is 20.4. The van der Waals surface area contributed by atoms with Crippen molar-refractivity contribution in [2.75, 3.05) is 13.1 Å². The van der Waals surface area contributed by atoms with Crippen molar-refractivity contribution in [1.29, 1.82) is 0 Å². The third-order valence-electron chi connectivity index (χ3n) is 4.21. The summed E-state index contributed by atoms with van der Waals surface area (Å²) in [5.41, 5.74) is 26.7. The Kier molecular flexibility index (Phi) is 19.7. The van der Waals surface area contributed by atoms with Gasteiger partial charge < -0.3 is 49.3 Å². The van der Waals surface area contributed by atoms with Gasteiger partial charge in [-0.15, -0.1) is 0 Å². The molecule has 2 amide bonds. The maximum Gasteiger partial charge on any atom is 0.320 e. The normalized spacial score (nSPS) is 12.5. The molecule has 1 aromatic rings. The Morgan fingerprint density at radius 1 is 0.765 bits per heavy atom. The first-order chi connectivity index (χ1) is 15.9. The highest BCUT2D eigenvalue weighted by atomic mass is 16.4. The fourth-order valence-corrected chi connectivity index (χ4v) is 2.24. The summed E-state index contributed by atoms with van der Waals surface area (Å²) in [6.07, 6.45) is 3.39. The topological polar surface area (TPSA) is 271 Å². The van der Waals surface area contributed by atoms with Crippen LogP contribution < -0.4 is 34.0 Å². The first-order valence-corrected chi connectivity index (χ1v) is 10.6. The number of urea groups is 1. The first kappa shape index (κ1) is 32.9. The summed E-state index contributed by atoms with van der Waals surface area (Å²) in [6, 6.07) is 6.35. The van der Waals surface area contributed by atoms with Gasteiger partial charge in [0.25, 0.3) is 0 Å². The van der Waals surface area contributed by atoms with Crippen molar-refractivity contribution < 1.29 is 34.5 Å². The van der Waals surface area contributed by atoms with E-state index < -0.39 is 42.1 Å². The summed E-state index contributed by atoms with van der Waals surface area (Å²) in [4.78, 5) is 40.8. The predicted molar refractivity (Wildman–Crippen MR) is 127 cm³/mol. The van der Waals surface area contributed by atoms with E-state index in [2.05, 4.69) is 5.32 Å². The van der Waals surface area contributed by atoms with Crippen LogP contribution >= 0.6 is 0 Å². The molecule has 0 bridgehead atoms. The maximum atomic E-state index is 10.4. The summed E-state index contributed by atoms with van der Waals surface area (Å²) in [7, 11) is 0. The highest BCUT2D eigenvalue weighted by Crippen LogP contribution is 2.01. The molecule has 13 nitrogen and oxygen atoms in total. The molecule has 0 aliphatic carbocycles. The van der Waals surface area contributed by atoms with Crippen LogP contribution in [0.25, 0.3) is 0 Å². The fourth-order valence-electron chi connectivity index (χ4n) is 2.24. The van der Waals surface area contributed by atoms with Crippen LogP contribution in [-0.2, 0) is 20.8 Å². The molecule has 0 saturated heterocycles. The Hall–Kier alpha value is -3.26. The molecule has 0 radical (unpaired) electrons. The van der Waals surface area contributed by atoms with Crippen LogP contribution in [0.4, 0.5) is 4.79 Å². The van der Waals surface area contributed by atoms with E-state index in [4.69, 9.17) is 44.0 Å².